The molecule has 0 aliphatic carbocycles. The van der Waals surface area contributed by atoms with Gasteiger partial charge in [0.15, 0.2) is 0 Å². The number of rotatable bonds is 0. The first kappa shape index (κ1) is 18.7. The standard InChI is InChI=1S/C20H22N2O5/c1-14-7-8-16-18(11-14)27-10-4-9-26-17-6-3-2-5-15(17)21-19(23)12-25-13-20(24)22-16/h2-3,5-8,11H,4,9-10,12-13H2,1H3,(H,21,23)(H,22,24). The predicted octanol–water partition coefficient (Wildman–Crippen LogP) is 2.75. The summed E-state index contributed by atoms with van der Waals surface area (Å²) < 4.78 is 16.8. The third-order valence-electron chi connectivity index (χ3n) is 3.84. The molecule has 0 saturated heterocycles. The van der Waals surface area contributed by atoms with Gasteiger partial charge in [-0.15, -0.1) is 0 Å². The van der Waals surface area contributed by atoms with E-state index in [1.54, 1.807) is 24.3 Å². The molecule has 0 atom stereocenters. The number of carbonyl (C=O) groups excluding carboxylic acids is 2. The quantitative estimate of drug-likeness (QED) is 0.745. The highest BCUT2D eigenvalue weighted by Crippen LogP contribution is 2.27. The van der Waals surface area contributed by atoms with Crippen LogP contribution in [0, 0.1) is 6.92 Å². The Balaban J connectivity index is 1.75. The van der Waals surface area contributed by atoms with Crippen molar-refractivity contribution in [3.63, 3.8) is 0 Å². The Morgan fingerprint density at radius 3 is 2.19 bits per heavy atom. The van der Waals surface area contributed by atoms with Gasteiger partial charge in [0.1, 0.15) is 24.7 Å². The van der Waals surface area contributed by atoms with E-state index in [0.717, 1.165) is 5.56 Å². The van der Waals surface area contributed by atoms with E-state index in [9.17, 15) is 9.59 Å². The number of fused-ring (bicyclic) bond motifs is 2. The molecule has 2 amide bonds. The van der Waals surface area contributed by atoms with Gasteiger partial charge in [-0.25, -0.2) is 0 Å². The molecule has 0 spiro atoms. The fourth-order valence-corrected chi connectivity index (χ4v) is 2.58. The molecule has 2 aromatic rings. The summed E-state index contributed by atoms with van der Waals surface area (Å²) in [5, 5.41) is 5.48. The van der Waals surface area contributed by atoms with Gasteiger partial charge >= 0.3 is 0 Å². The van der Waals surface area contributed by atoms with Crippen LogP contribution in [0.2, 0.25) is 0 Å². The van der Waals surface area contributed by atoms with Gasteiger partial charge in [0.25, 0.3) is 0 Å². The van der Waals surface area contributed by atoms with Crippen LogP contribution >= 0.6 is 0 Å². The molecule has 7 nitrogen and oxygen atoms in total. The second-order valence-corrected chi connectivity index (χ2v) is 6.14. The first-order chi connectivity index (χ1) is 13.1. The minimum atomic E-state index is -0.356. The largest absolute Gasteiger partial charge is 0.491 e. The van der Waals surface area contributed by atoms with E-state index in [2.05, 4.69) is 10.6 Å². The van der Waals surface area contributed by atoms with E-state index in [-0.39, 0.29) is 25.0 Å². The lowest BCUT2D eigenvalue weighted by atomic mass is 10.2. The van der Waals surface area contributed by atoms with E-state index in [1.165, 1.54) is 0 Å². The Bertz CT molecular complexity index is 822. The zero-order valence-electron chi connectivity index (χ0n) is 15.1. The number of hydrogen-bond acceptors (Lipinski definition) is 5. The van der Waals surface area contributed by atoms with Crippen molar-refractivity contribution in [2.75, 3.05) is 37.1 Å². The number of hydrogen-bond donors (Lipinski definition) is 2. The highest BCUT2D eigenvalue weighted by Gasteiger charge is 2.12. The van der Waals surface area contributed by atoms with Crippen LogP contribution in [-0.4, -0.2) is 38.2 Å². The van der Waals surface area contributed by atoms with E-state index >= 15 is 0 Å². The minimum Gasteiger partial charge on any atom is -0.491 e. The number of amides is 2. The van der Waals surface area contributed by atoms with Crippen molar-refractivity contribution in [2.24, 2.45) is 0 Å². The average Bonchev–Trinajstić information content (AvgIpc) is 2.64. The number of carbonyl (C=O) groups is 2. The molecule has 7 heteroatoms. The minimum absolute atomic E-state index is 0.237. The van der Waals surface area contributed by atoms with Gasteiger partial charge in [0, 0.05) is 6.42 Å². The maximum absolute atomic E-state index is 12.1. The van der Waals surface area contributed by atoms with Gasteiger partial charge in [0.2, 0.25) is 11.8 Å². The first-order valence-corrected chi connectivity index (χ1v) is 8.74. The normalized spacial score (nSPS) is 16.0. The molecule has 0 fully saturated rings. The van der Waals surface area contributed by atoms with E-state index < -0.39 is 0 Å². The number of ether oxygens (including phenoxy) is 3. The SMILES string of the molecule is Cc1ccc2c(c1)OCCCOc1ccccc1NC(=O)COCC(=O)N2. The molecule has 0 saturated carbocycles. The summed E-state index contributed by atoms with van der Waals surface area (Å²) >= 11 is 0. The van der Waals surface area contributed by atoms with E-state index in [1.807, 2.05) is 25.1 Å². The molecule has 0 bridgehead atoms. The molecule has 27 heavy (non-hydrogen) atoms. The van der Waals surface area contributed by atoms with Crippen LogP contribution in [0.1, 0.15) is 12.0 Å². The summed E-state index contributed by atoms with van der Waals surface area (Å²) in [6, 6.07) is 12.7. The van der Waals surface area contributed by atoms with Crippen LogP contribution in [0.15, 0.2) is 42.5 Å². The molecule has 2 N–H and O–H groups in total. The van der Waals surface area contributed by atoms with Gasteiger partial charge < -0.3 is 24.8 Å². The predicted molar refractivity (Wildman–Crippen MR) is 101 cm³/mol. The molecule has 1 aliphatic heterocycles. The Hall–Kier alpha value is -3.06. The lowest BCUT2D eigenvalue weighted by molar-refractivity contribution is -0.125. The molecular formula is C20H22N2O5. The van der Waals surface area contributed by atoms with Crippen molar-refractivity contribution in [3.8, 4) is 11.5 Å². The molecule has 142 valence electrons. The summed E-state index contributed by atoms with van der Waals surface area (Å²) in [7, 11) is 0. The van der Waals surface area contributed by atoms with Crippen LogP contribution < -0.4 is 20.1 Å². The van der Waals surface area contributed by atoms with Gasteiger partial charge in [-0.05, 0) is 36.8 Å². The van der Waals surface area contributed by atoms with Crippen molar-refractivity contribution < 1.29 is 23.8 Å². The second-order valence-electron chi connectivity index (χ2n) is 6.14. The lowest BCUT2D eigenvalue weighted by Gasteiger charge is -2.16. The van der Waals surface area contributed by atoms with Crippen molar-refractivity contribution in [2.45, 2.75) is 13.3 Å². The van der Waals surface area contributed by atoms with Crippen LogP contribution in [0.4, 0.5) is 11.4 Å². The number of para-hydroxylation sites is 2. The number of benzene rings is 2. The highest BCUT2D eigenvalue weighted by atomic mass is 16.5. The first-order valence-electron chi connectivity index (χ1n) is 8.74. The Morgan fingerprint density at radius 2 is 1.44 bits per heavy atom. The summed E-state index contributed by atoms with van der Waals surface area (Å²) in [4.78, 5) is 24.1. The van der Waals surface area contributed by atoms with E-state index in [0.29, 0.717) is 42.5 Å². The molecule has 2 aromatic carbocycles. The summed E-state index contributed by atoms with van der Waals surface area (Å²) in [5.41, 5.74) is 2.15. The third-order valence-corrected chi connectivity index (χ3v) is 3.84. The molecule has 0 radical (unpaired) electrons. The molecule has 0 aromatic heterocycles. The monoisotopic (exact) mass is 370 g/mol. The van der Waals surface area contributed by atoms with Gasteiger partial charge in [-0.2, -0.15) is 0 Å². The highest BCUT2D eigenvalue weighted by molar-refractivity contribution is 5.95. The number of nitrogens with one attached hydrogen (secondary N) is 2. The lowest BCUT2D eigenvalue weighted by Crippen LogP contribution is -2.24. The Kier molecular flexibility index (Phi) is 6.27. The van der Waals surface area contributed by atoms with Gasteiger partial charge in [-0.3, -0.25) is 9.59 Å². The Labute approximate surface area is 157 Å². The number of aryl methyl sites for hydroxylation is 1. The van der Waals surface area contributed by atoms with E-state index in [4.69, 9.17) is 14.2 Å². The van der Waals surface area contributed by atoms with Gasteiger partial charge in [0.05, 0.1) is 24.6 Å². The smallest absolute Gasteiger partial charge is 0.250 e. The molecule has 0 unspecified atom stereocenters. The molecule has 1 aliphatic rings. The summed E-state index contributed by atoms with van der Waals surface area (Å²) in [5.74, 6) is 0.457. The molecular weight excluding hydrogens is 348 g/mol. The van der Waals surface area contributed by atoms with Crippen molar-refractivity contribution in [3.05, 3.63) is 48.0 Å². The zero-order valence-corrected chi connectivity index (χ0v) is 15.1. The Morgan fingerprint density at radius 1 is 0.815 bits per heavy atom. The molecule has 3 rings (SSSR count). The zero-order chi connectivity index (χ0) is 19.1. The van der Waals surface area contributed by atoms with Crippen LogP contribution in [-0.2, 0) is 14.3 Å². The topological polar surface area (TPSA) is 85.9 Å². The average molecular weight is 370 g/mol. The number of anilines is 2. The molecule has 1 heterocycles. The van der Waals surface area contributed by atoms with Crippen LogP contribution in [0.25, 0.3) is 0 Å². The fourth-order valence-electron chi connectivity index (χ4n) is 2.58. The summed E-state index contributed by atoms with van der Waals surface area (Å²) in [6.07, 6.45) is 0.646. The van der Waals surface area contributed by atoms with Gasteiger partial charge in [-0.1, -0.05) is 18.2 Å². The third kappa shape index (κ3) is 5.46. The fraction of sp³-hybridized carbons (Fsp3) is 0.300. The van der Waals surface area contributed by atoms with Crippen LogP contribution in [0.3, 0.4) is 0 Å². The summed E-state index contributed by atoms with van der Waals surface area (Å²) in [6.45, 7) is 2.33. The second kappa shape index (κ2) is 9.05. The van der Waals surface area contributed by atoms with Crippen LogP contribution in [0.5, 0.6) is 11.5 Å². The maximum Gasteiger partial charge on any atom is 0.250 e. The van der Waals surface area contributed by atoms with Crippen molar-refractivity contribution >= 4 is 23.2 Å². The van der Waals surface area contributed by atoms with Crippen molar-refractivity contribution in [1.82, 2.24) is 0 Å². The maximum atomic E-state index is 12.1. The van der Waals surface area contributed by atoms with Crippen molar-refractivity contribution in [1.29, 1.82) is 0 Å².